The molecule has 2 heterocycles. The molecule has 0 aliphatic carbocycles. The average Bonchev–Trinajstić information content (AvgIpc) is 3.05. The molecule has 1 amide bonds. The van der Waals surface area contributed by atoms with Crippen LogP contribution in [-0.2, 0) is 11.3 Å². The number of benzene rings is 1. The van der Waals surface area contributed by atoms with E-state index in [2.05, 4.69) is 20.2 Å². The minimum absolute atomic E-state index is 0.139. The molecule has 1 aliphatic rings. The number of hydrogen-bond acceptors (Lipinski definition) is 3. The zero-order chi connectivity index (χ0) is 13.9. The molecule has 2 N–H and O–H groups in total. The van der Waals surface area contributed by atoms with Gasteiger partial charge < -0.3 is 10.3 Å². The Hall–Kier alpha value is -1.88. The topological polar surface area (TPSA) is 61.0 Å². The van der Waals surface area contributed by atoms with Gasteiger partial charge in [-0.1, -0.05) is 12.1 Å². The number of nitrogens with one attached hydrogen (secondary N) is 2. The zero-order valence-electron chi connectivity index (χ0n) is 11.7. The maximum atomic E-state index is 11.4. The lowest BCUT2D eigenvalue weighted by molar-refractivity contribution is -0.121. The summed E-state index contributed by atoms with van der Waals surface area (Å²) in [6.07, 6.45) is 1.72. The molecule has 0 saturated carbocycles. The van der Waals surface area contributed by atoms with Gasteiger partial charge in [-0.15, -0.1) is 0 Å². The summed E-state index contributed by atoms with van der Waals surface area (Å²) in [7, 11) is 1.70. The number of fused-ring (bicyclic) bond motifs is 1. The van der Waals surface area contributed by atoms with Crippen LogP contribution < -0.4 is 5.32 Å². The van der Waals surface area contributed by atoms with Gasteiger partial charge in [-0.3, -0.25) is 9.69 Å². The van der Waals surface area contributed by atoms with Crippen LogP contribution in [0.3, 0.4) is 0 Å². The van der Waals surface area contributed by atoms with Crippen molar-refractivity contribution in [2.45, 2.75) is 19.4 Å². The maximum Gasteiger partial charge on any atom is 0.220 e. The Morgan fingerprint density at radius 3 is 3.15 bits per heavy atom. The third-order valence-corrected chi connectivity index (χ3v) is 3.93. The fraction of sp³-hybridized carbons (Fsp3) is 0.467. The van der Waals surface area contributed by atoms with E-state index in [1.165, 1.54) is 0 Å². The van der Waals surface area contributed by atoms with E-state index in [9.17, 15) is 4.79 Å². The summed E-state index contributed by atoms with van der Waals surface area (Å²) >= 11 is 0. The molecular weight excluding hydrogens is 252 g/mol. The second-order valence-electron chi connectivity index (χ2n) is 5.47. The van der Waals surface area contributed by atoms with Gasteiger partial charge in [0.2, 0.25) is 5.91 Å². The van der Waals surface area contributed by atoms with Crippen LogP contribution in [0.15, 0.2) is 24.3 Å². The SMILES string of the molecule is CNC(=O)C[C@@H]1CCN(Cc2nc3ccccc3[nH]2)C1. The number of amides is 1. The Morgan fingerprint density at radius 2 is 2.35 bits per heavy atom. The molecule has 2 aromatic rings. The number of aromatic amines is 1. The number of aromatic nitrogens is 2. The van der Waals surface area contributed by atoms with Crippen LogP contribution in [-0.4, -0.2) is 40.9 Å². The molecule has 0 bridgehead atoms. The second kappa shape index (κ2) is 5.63. The molecule has 1 aromatic heterocycles. The molecule has 1 aromatic carbocycles. The zero-order valence-corrected chi connectivity index (χ0v) is 11.7. The summed E-state index contributed by atoms with van der Waals surface area (Å²) in [5.74, 6) is 1.62. The first-order valence-corrected chi connectivity index (χ1v) is 7.11. The molecule has 1 atom stereocenters. The lowest BCUT2D eigenvalue weighted by Crippen LogP contribution is -2.24. The van der Waals surface area contributed by atoms with E-state index in [1.54, 1.807) is 7.05 Å². The Morgan fingerprint density at radius 1 is 1.50 bits per heavy atom. The van der Waals surface area contributed by atoms with Crippen molar-refractivity contribution in [3.63, 3.8) is 0 Å². The molecular formula is C15H20N4O. The quantitative estimate of drug-likeness (QED) is 0.887. The highest BCUT2D eigenvalue weighted by Crippen LogP contribution is 2.21. The molecule has 0 radical (unpaired) electrons. The largest absolute Gasteiger partial charge is 0.359 e. The van der Waals surface area contributed by atoms with Crippen molar-refractivity contribution in [2.24, 2.45) is 5.92 Å². The summed E-state index contributed by atoms with van der Waals surface area (Å²) in [4.78, 5) is 21.7. The van der Waals surface area contributed by atoms with Crippen molar-refractivity contribution < 1.29 is 4.79 Å². The lowest BCUT2D eigenvalue weighted by Gasteiger charge is -2.14. The normalized spacial score (nSPS) is 19.6. The van der Waals surface area contributed by atoms with E-state index < -0.39 is 0 Å². The van der Waals surface area contributed by atoms with Crippen LogP contribution in [0.5, 0.6) is 0 Å². The maximum absolute atomic E-state index is 11.4. The fourth-order valence-corrected chi connectivity index (χ4v) is 2.88. The van der Waals surface area contributed by atoms with Crippen molar-refractivity contribution in [3.8, 4) is 0 Å². The Bertz CT molecular complexity index is 574. The van der Waals surface area contributed by atoms with E-state index in [-0.39, 0.29) is 5.91 Å². The van der Waals surface area contributed by atoms with Crippen molar-refractivity contribution >= 4 is 16.9 Å². The molecule has 0 spiro atoms. The van der Waals surface area contributed by atoms with Crippen molar-refractivity contribution in [1.82, 2.24) is 20.2 Å². The van der Waals surface area contributed by atoms with Crippen molar-refractivity contribution in [3.05, 3.63) is 30.1 Å². The van der Waals surface area contributed by atoms with Gasteiger partial charge in [0, 0.05) is 20.0 Å². The van der Waals surface area contributed by atoms with Crippen molar-refractivity contribution in [1.29, 1.82) is 0 Å². The highest BCUT2D eigenvalue weighted by atomic mass is 16.1. The third-order valence-electron chi connectivity index (χ3n) is 3.93. The predicted octanol–water partition coefficient (Wildman–Crippen LogP) is 1.52. The average molecular weight is 272 g/mol. The standard InChI is InChI=1S/C15H20N4O/c1-16-15(20)8-11-6-7-19(9-11)10-14-17-12-4-2-3-5-13(12)18-14/h2-5,11H,6-10H2,1H3,(H,16,20)(H,17,18)/t11-/m0/s1. The molecule has 20 heavy (non-hydrogen) atoms. The number of rotatable bonds is 4. The van der Waals surface area contributed by atoms with Crippen LogP contribution in [0.2, 0.25) is 0 Å². The minimum Gasteiger partial charge on any atom is -0.359 e. The number of nitrogens with zero attached hydrogens (tertiary/aromatic N) is 2. The number of carbonyl (C=O) groups excluding carboxylic acids is 1. The molecule has 0 unspecified atom stereocenters. The number of H-pyrrole nitrogens is 1. The van der Waals surface area contributed by atoms with Gasteiger partial charge in [0.05, 0.1) is 17.6 Å². The van der Waals surface area contributed by atoms with Crippen LogP contribution in [0.1, 0.15) is 18.7 Å². The molecule has 5 nitrogen and oxygen atoms in total. The van der Waals surface area contributed by atoms with Crippen LogP contribution in [0.25, 0.3) is 11.0 Å². The molecule has 1 aliphatic heterocycles. The van der Waals surface area contributed by atoms with Gasteiger partial charge in [0.15, 0.2) is 0 Å². The highest BCUT2D eigenvalue weighted by molar-refractivity contribution is 5.76. The van der Waals surface area contributed by atoms with E-state index in [0.717, 1.165) is 42.9 Å². The van der Waals surface area contributed by atoms with Gasteiger partial charge >= 0.3 is 0 Å². The summed E-state index contributed by atoms with van der Waals surface area (Å²) in [6.45, 7) is 2.85. The first-order valence-electron chi connectivity index (χ1n) is 7.11. The Labute approximate surface area is 118 Å². The Balaban J connectivity index is 1.60. The van der Waals surface area contributed by atoms with E-state index in [4.69, 9.17) is 0 Å². The first kappa shape index (κ1) is 13.1. The van der Waals surface area contributed by atoms with E-state index >= 15 is 0 Å². The molecule has 5 heteroatoms. The minimum atomic E-state index is 0.139. The Kier molecular flexibility index (Phi) is 3.69. The number of carbonyl (C=O) groups is 1. The van der Waals surface area contributed by atoms with Crippen molar-refractivity contribution in [2.75, 3.05) is 20.1 Å². The molecule has 1 fully saturated rings. The summed E-state index contributed by atoms with van der Waals surface area (Å²) in [5.41, 5.74) is 2.10. The van der Waals surface area contributed by atoms with E-state index in [0.29, 0.717) is 12.3 Å². The smallest absolute Gasteiger partial charge is 0.220 e. The number of likely N-dealkylation sites (tertiary alicyclic amines) is 1. The number of imidazole rings is 1. The summed E-state index contributed by atoms with van der Waals surface area (Å²) < 4.78 is 0. The van der Waals surface area contributed by atoms with Gasteiger partial charge in [0.25, 0.3) is 0 Å². The lowest BCUT2D eigenvalue weighted by atomic mass is 10.1. The highest BCUT2D eigenvalue weighted by Gasteiger charge is 2.24. The number of para-hydroxylation sites is 2. The van der Waals surface area contributed by atoms with E-state index in [1.807, 2.05) is 24.3 Å². The third kappa shape index (κ3) is 2.82. The summed E-state index contributed by atoms with van der Waals surface area (Å²) in [5, 5.41) is 2.70. The van der Waals surface area contributed by atoms with Gasteiger partial charge in [-0.2, -0.15) is 0 Å². The monoisotopic (exact) mass is 272 g/mol. The predicted molar refractivity (Wildman–Crippen MR) is 78.2 cm³/mol. The van der Waals surface area contributed by atoms with Crippen LogP contribution in [0, 0.1) is 5.92 Å². The first-order chi connectivity index (χ1) is 9.74. The van der Waals surface area contributed by atoms with Crippen LogP contribution >= 0.6 is 0 Å². The van der Waals surface area contributed by atoms with Gasteiger partial charge in [-0.25, -0.2) is 4.98 Å². The molecule has 3 rings (SSSR count). The molecule has 106 valence electrons. The van der Waals surface area contributed by atoms with Crippen LogP contribution in [0.4, 0.5) is 0 Å². The number of hydrogen-bond donors (Lipinski definition) is 2. The fourth-order valence-electron chi connectivity index (χ4n) is 2.88. The second-order valence-corrected chi connectivity index (χ2v) is 5.47. The van der Waals surface area contributed by atoms with Gasteiger partial charge in [-0.05, 0) is 31.0 Å². The molecule has 1 saturated heterocycles. The van der Waals surface area contributed by atoms with Gasteiger partial charge in [0.1, 0.15) is 5.82 Å². The summed E-state index contributed by atoms with van der Waals surface area (Å²) in [6, 6.07) is 8.08.